The van der Waals surface area contributed by atoms with E-state index in [9.17, 15) is 18.0 Å². The van der Waals surface area contributed by atoms with Crippen LogP contribution >= 0.6 is 23.4 Å². The Morgan fingerprint density at radius 3 is 2.24 bits per heavy atom. The lowest BCUT2D eigenvalue weighted by Crippen LogP contribution is -2.13. The highest BCUT2D eigenvalue weighted by Crippen LogP contribution is 2.35. The first-order valence-corrected chi connectivity index (χ1v) is 11.5. The quantitative estimate of drug-likeness (QED) is 0.227. The van der Waals surface area contributed by atoms with Gasteiger partial charge in [-0.15, -0.1) is 11.8 Å². The highest BCUT2D eigenvalue weighted by atomic mass is 35.5. The van der Waals surface area contributed by atoms with Gasteiger partial charge < -0.3 is 14.2 Å². The number of hydrogen-bond donors (Lipinski definition) is 0. The van der Waals surface area contributed by atoms with Crippen LogP contribution in [0.2, 0.25) is 5.02 Å². The summed E-state index contributed by atoms with van der Waals surface area (Å²) in [6.07, 6.45) is -4.35. The molecule has 34 heavy (non-hydrogen) atoms. The zero-order chi connectivity index (χ0) is 24.7. The molecule has 0 saturated carbocycles. The van der Waals surface area contributed by atoms with Crippen LogP contribution < -0.4 is 9.47 Å². The molecule has 0 aromatic heterocycles. The van der Waals surface area contributed by atoms with Crippen molar-refractivity contribution in [2.24, 2.45) is 0 Å². The Hall–Kier alpha value is -2.84. The Kier molecular flexibility index (Phi) is 8.74. The molecule has 0 unspecified atom stereocenters. The molecule has 0 spiro atoms. The summed E-state index contributed by atoms with van der Waals surface area (Å²) in [5.74, 6) is 1.34. The number of benzene rings is 3. The summed E-state index contributed by atoms with van der Waals surface area (Å²) < 4.78 is 53.6. The van der Waals surface area contributed by atoms with Gasteiger partial charge in [-0.1, -0.05) is 35.9 Å². The van der Waals surface area contributed by atoms with E-state index in [0.29, 0.717) is 27.8 Å². The summed E-state index contributed by atoms with van der Waals surface area (Å²) in [6.45, 7) is 1.86. The van der Waals surface area contributed by atoms with E-state index in [4.69, 9.17) is 21.1 Å². The number of methoxy groups -OCH3 is 1. The molecule has 4 nitrogen and oxygen atoms in total. The van der Waals surface area contributed by atoms with E-state index in [2.05, 4.69) is 4.74 Å². The predicted molar refractivity (Wildman–Crippen MR) is 125 cm³/mol. The van der Waals surface area contributed by atoms with Crippen LogP contribution in [0, 0.1) is 6.92 Å². The Bertz CT molecular complexity index is 1120. The van der Waals surface area contributed by atoms with E-state index < -0.39 is 17.7 Å². The molecule has 0 saturated heterocycles. The lowest BCUT2D eigenvalue weighted by atomic mass is 10.1. The van der Waals surface area contributed by atoms with Crippen LogP contribution in [0.4, 0.5) is 13.2 Å². The summed E-state index contributed by atoms with van der Waals surface area (Å²) in [7, 11) is 1.29. The first-order chi connectivity index (χ1) is 16.2. The highest BCUT2D eigenvalue weighted by Gasteiger charge is 2.29. The molecule has 0 N–H and O–H groups in total. The Balaban J connectivity index is 1.53. The zero-order valence-corrected chi connectivity index (χ0v) is 20.0. The van der Waals surface area contributed by atoms with Gasteiger partial charge in [0, 0.05) is 16.7 Å². The van der Waals surface area contributed by atoms with Gasteiger partial charge in [-0.05, 0) is 53.9 Å². The van der Waals surface area contributed by atoms with Gasteiger partial charge in [-0.2, -0.15) is 13.2 Å². The largest absolute Gasteiger partial charge is 0.489 e. The molecule has 0 amide bonds. The average Bonchev–Trinajstić information content (AvgIpc) is 2.82. The third kappa shape index (κ3) is 7.33. The van der Waals surface area contributed by atoms with Crippen molar-refractivity contribution in [3.63, 3.8) is 0 Å². The second kappa shape index (κ2) is 11.5. The lowest BCUT2D eigenvalue weighted by molar-refractivity contribution is -0.143. The standard InChI is InChI=1S/C25H22ClF3O4S/c1-16-11-23(21(26)12-22(16)33-14-24(30)31-2)34-15-18-5-9-20(10-6-18)32-13-17-3-7-19(8-4-17)25(27,28)29/h3-12H,13-15H2,1-2H3. The van der Waals surface area contributed by atoms with Gasteiger partial charge in [-0.25, -0.2) is 4.79 Å². The van der Waals surface area contributed by atoms with Crippen molar-refractivity contribution in [1.29, 1.82) is 0 Å². The van der Waals surface area contributed by atoms with Crippen molar-refractivity contribution >= 4 is 29.3 Å². The van der Waals surface area contributed by atoms with E-state index in [-0.39, 0.29) is 13.2 Å². The average molecular weight is 511 g/mol. The zero-order valence-electron chi connectivity index (χ0n) is 18.4. The molecule has 0 aliphatic heterocycles. The van der Waals surface area contributed by atoms with Crippen LogP contribution in [0.1, 0.15) is 22.3 Å². The third-order valence-corrected chi connectivity index (χ3v) is 6.36. The number of carbonyl (C=O) groups is 1. The number of thioether (sulfide) groups is 1. The third-order valence-electron chi connectivity index (χ3n) is 4.81. The minimum Gasteiger partial charge on any atom is -0.489 e. The summed E-state index contributed by atoms with van der Waals surface area (Å²) in [5, 5.41) is 0.520. The molecule has 0 fully saturated rings. The van der Waals surface area contributed by atoms with Crippen molar-refractivity contribution in [3.8, 4) is 11.5 Å². The smallest absolute Gasteiger partial charge is 0.416 e. The van der Waals surface area contributed by atoms with Crippen LogP contribution in [0.25, 0.3) is 0 Å². The van der Waals surface area contributed by atoms with Gasteiger partial charge in [0.05, 0.1) is 17.7 Å². The minimum atomic E-state index is -4.35. The van der Waals surface area contributed by atoms with Crippen LogP contribution in [0.3, 0.4) is 0 Å². The lowest BCUT2D eigenvalue weighted by Gasteiger charge is -2.12. The second-order valence-electron chi connectivity index (χ2n) is 7.33. The highest BCUT2D eigenvalue weighted by molar-refractivity contribution is 7.98. The van der Waals surface area contributed by atoms with Gasteiger partial charge >= 0.3 is 12.1 Å². The number of aryl methyl sites for hydroxylation is 1. The molecule has 0 aliphatic rings. The van der Waals surface area contributed by atoms with Crippen molar-refractivity contribution in [2.75, 3.05) is 13.7 Å². The fourth-order valence-electron chi connectivity index (χ4n) is 2.90. The molecule has 0 heterocycles. The van der Waals surface area contributed by atoms with Gasteiger partial charge in [-0.3, -0.25) is 0 Å². The topological polar surface area (TPSA) is 44.8 Å². The SMILES string of the molecule is COC(=O)COc1cc(Cl)c(SCc2ccc(OCc3ccc(C(F)(F)F)cc3)cc2)cc1C. The first-order valence-electron chi connectivity index (χ1n) is 10.2. The van der Waals surface area contributed by atoms with E-state index in [1.54, 1.807) is 17.8 Å². The number of carbonyl (C=O) groups excluding carboxylic acids is 1. The summed E-state index contributed by atoms with van der Waals surface area (Å²) >= 11 is 7.94. The van der Waals surface area contributed by atoms with E-state index in [1.165, 1.54) is 19.2 Å². The van der Waals surface area contributed by atoms with Gasteiger partial charge in [0.15, 0.2) is 6.61 Å². The Morgan fingerprint density at radius 2 is 1.62 bits per heavy atom. The number of hydrogen-bond acceptors (Lipinski definition) is 5. The van der Waals surface area contributed by atoms with E-state index in [0.717, 1.165) is 28.2 Å². The maximum atomic E-state index is 12.6. The minimum absolute atomic E-state index is 0.172. The molecule has 3 aromatic carbocycles. The van der Waals surface area contributed by atoms with Gasteiger partial charge in [0.2, 0.25) is 0 Å². The molecule has 0 bridgehead atoms. The molecule has 3 rings (SSSR count). The number of halogens is 4. The van der Waals surface area contributed by atoms with Crippen LogP contribution in [-0.4, -0.2) is 19.7 Å². The molecule has 3 aromatic rings. The number of alkyl halides is 3. The number of rotatable bonds is 9. The van der Waals surface area contributed by atoms with Crippen LogP contribution in [0.5, 0.6) is 11.5 Å². The molecule has 0 radical (unpaired) electrons. The van der Waals surface area contributed by atoms with Gasteiger partial charge in [0.1, 0.15) is 18.1 Å². The molecule has 0 aliphatic carbocycles. The van der Waals surface area contributed by atoms with Crippen molar-refractivity contribution in [2.45, 2.75) is 30.4 Å². The molecule has 180 valence electrons. The first kappa shape index (κ1) is 25.8. The maximum Gasteiger partial charge on any atom is 0.416 e. The van der Waals surface area contributed by atoms with Crippen molar-refractivity contribution in [1.82, 2.24) is 0 Å². The number of ether oxygens (including phenoxy) is 3. The van der Waals surface area contributed by atoms with Crippen molar-refractivity contribution in [3.05, 3.63) is 87.9 Å². The number of esters is 1. The molecular weight excluding hydrogens is 489 g/mol. The normalized spacial score (nSPS) is 11.2. The maximum absolute atomic E-state index is 12.6. The van der Waals surface area contributed by atoms with Crippen molar-refractivity contribution < 1.29 is 32.2 Å². The van der Waals surface area contributed by atoms with E-state index >= 15 is 0 Å². The molecular formula is C25H22ClF3O4S. The van der Waals surface area contributed by atoms with E-state index in [1.807, 2.05) is 37.3 Å². The van der Waals surface area contributed by atoms with Crippen LogP contribution in [-0.2, 0) is 28.1 Å². The Labute approximate surface area is 205 Å². The predicted octanol–water partition coefficient (Wildman–Crippen LogP) is 7.09. The molecule has 9 heteroatoms. The second-order valence-corrected chi connectivity index (χ2v) is 8.75. The Morgan fingerprint density at radius 1 is 0.971 bits per heavy atom. The summed E-state index contributed by atoms with van der Waals surface area (Å²) in [5.41, 5.74) is 1.86. The fourth-order valence-corrected chi connectivity index (χ4v) is 4.19. The molecule has 0 atom stereocenters. The summed E-state index contributed by atoms with van der Waals surface area (Å²) in [6, 6.07) is 16.0. The van der Waals surface area contributed by atoms with Crippen LogP contribution in [0.15, 0.2) is 65.6 Å². The summed E-state index contributed by atoms with van der Waals surface area (Å²) in [4.78, 5) is 12.1. The fraction of sp³-hybridized carbons (Fsp3) is 0.240. The van der Waals surface area contributed by atoms with Gasteiger partial charge in [0.25, 0.3) is 0 Å². The monoisotopic (exact) mass is 510 g/mol.